The second-order valence-electron chi connectivity index (χ2n) is 3.68. The highest BCUT2D eigenvalue weighted by molar-refractivity contribution is 6.32. The lowest BCUT2D eigenvalue weighted by Crippen LogP contribution is -2.27. The quantitative estimate of drug-likeness (QED) is 0.917. The average molecular weight is 270 g/mol. The molecule has 17 heavy (non-hydrogen) atoms. The van der Waals surface area contributed by atoms with Crippen LogP contribution in [0.2, 0.25) is 5.02 Å². The van der Waals surface area contributed by atoms with E-state index in [0.717, 1.165) is 10.9 Å². The Bertz CT molecular complexity index is 456. The highest BCUT2D eigenvalue weighted by atomic mass is 35.5. The van der Waals surface area contributed by atoms with Gasteiger partial charge in [-0.3, -0.25) is 4.79 Å². The molecule has 1 rings (SSSR count). The maximum absolute atomic E-state index is 12.0. The van der Waals surface area contributed by atoms with Gasteiger partial charge in [0.05, 0.1) is 17.9 Å². The van der Waals surface area contributed by atoms with E-state index in [-0.39, 0.29) is 16.8 Å². The third-order valence-electron chi connectivity index (χ3n) is 1.91. The first kappa shape index (κ1) is 13.8. The van der Waals surface area contributed by atoms with Crippen LogP contribution in [0, 0.1) is 0 Å². The van der Waals surface area contributed by atoms with Gasteiger partial charge in [0.1, 0.15) is 11.6 Å². The lowest BCUT2D eigenvalue weighted by Gasteiger charge is -2.13. The number of aromatic nitrogens is 2. The van der Waals surface area contributed by atoms with Crippen LogP contribution in [0.4, 0.5) is 18.9 Å². The van der Waals surface area contributed by atoms with Crippen LogP contribution in [0.25, 0.3) is 0 Å². The summed E-state index contributed by atoms with van der Waals surface area (Å²) in [5, 5.41) is 5.46. The van der Waals surface area contributed by atoms with Crippen LogP contribution in [-0.2, 0) is 0 Å². The summed E-state index contributed by atoms with van der Waals surface area (Å²) in [7, 11) is 0. The number of hydrogen-bond acceptors (Lipinski definition) is 3. The molecule has 0 aliphatic heterocycles. The number of rotatable bonds is 3. The van der Waals surface area contributed by atoms with Crippen LogP contribution >= 0.6 is 11.6 Å². The SMILES string of the molecule is CC(C)n1ncc(NCC(F)(F)F)c(Cl)c1=O. The minimum atomic E-state index is -4.38. The molecule has 4 nitrogen and oxygen atoms in total. The van der Waals surface area contributed by atoms with Crippen molar-refractivity contribution in [2.24, 2.45) is 0 Å². The minimum absolute atomic E-state index is 0.120. The highest BCUT2D eigenvalue weighted by Crippen LogP contribution is 2.20. The molecule has 1 aromatic heterocycles. The van der Waals surface area contributed by atoms with Crippen LogP contribution in [0.5, 0.6) is 0 Å². The molecule has 0 saturated heterocycles. The largest absolute Gasteiger partial charge is 0.405 e. The first-order valence-corrected chi connectivity index (χ1v) is 5.18. The van der Waals surface area contributed by atoms with Crippen LogP contribution in [0.1, 0.15) is 19.9 Å². The lowest BCUT2D eigenvalue weighted by molar-refractivity contribution is -0.115. The summed E-state index contributed by atoms with van der Waals surface area (Å²) in [6.45, 7) is 2.17. The number of anilines is 1. The summed E-state index contributed by atoms with van der Waals surface area (Å²) in [5.41, 5.74) is -0.736. The van der Waals surface area contributed by atoms with Gasteiger partial charge < -0.3 is 5.32 Å². The van der Waals surface area contributed by atoms with E-state index in [9.17, 15) is 18.0 Å². The monoisotopic (exact) mass is 269 g/mol. The summed E-state index contributed by atoms with van der Waals surface area (Å²) in [6, 6.07) is -0.211. The van der Waals surface area contributed by atoms with E-state index in [4.69, 9.17) is 11.6 Å². The average Bonchev–Trinajstić information content (AvgIpc) is 2.18. The predicted molar refractivity (Wildman–Crippen MR) is 58.4 cm³/mol. The van der Waals surface area contributed by atoms with Gasteiger partial charge in [-0.15, -0.1) is 0 Å². The van der Waals surface area contributed by atoms with Gasteiger partial charge >= 0.3 is 6.18 Å². The van der Waals surface area contributed by atoms with Gasteiger partial charge in [-0.2, -0.15) is 18.3 Å². The van der Waals surface area contributed by atoms with Crippen molar-refractivity contribution < 1.29 is 13.2 Å². The normalized spacial score (nSPS) is 11.9. The van der Waals surface area contributed by atoms with Crippen LogP contribution < -0.4 is 10.9 Å². The van der Waals surface area contributed by atoms with Crippen molar-refractivity contribution in [2.45, 2.75) is 26.1 Å². The molecule has 1 N–H and O–H groups in total. The zero-order chi connectivity index (χ0) is 13.2. The molecule has 0 saturated carbocycles. The van der Waals surface area contributed by atoms with Crippen molar-refractivity contribution >= 4 is 17.3 Å². The summed E-state index contributed by atoms with van der Waals surface area (Å²) in [4.78, 5) is 11.6. The molecule has 0 unspecified atom stereocenters. The summed E-state index contributed by atoms with van der Waals surface area (Å²) >= 11 is 5.67. The molecule has 0 aliphatic rings. The molecule has 96 valence electrons. The molecule has 8 heteroatoms. The van der Waals surface area contributed by atoms with Gasteiger partial charge in [-0.05, 0) is 13.8 Å². The van der Waals surface area contributed by atoms with Crippen LogP contribution in [-0.4, -0.2) is 22.5 Å². The smallest absolute Gasteiger partial charge is 0.374 e. The number of hydrogen-bond donors (Lipinski definition) is 1. The van der Waals surface area contributed by atoms with Crippen molar-refractivity contribution in [1.82, 2.24) is 9.78 Å². The Morgan fingerprint density at radius 2 is 2.12 bits per heavy atom. The zero-order valence-corrected chi connectivity index (χ0v) is 9.93. The van der Waals surface area contributed by atoms with Crippen molar-refractivity contribution in [3.63, 3.8) is 0 Å². The molecular weight excluding hydrogens is 259 g/mol. The van der Waals surface area contributed by atoms with Crippen molar-refractivity contribution in [2.75, 3.05) is 11.9 Å². The number of nitrogens with one attached hydrogen (secondary N) is 1. The first-order chi connectivity index (χ1) is 7.72. The third kappa shape index (κ3) is 3.62. The Morgan fingerprint density at radius 1 is 1.53 bits per heavy atom. The molecule has 0 bridgehead atoms. The predicted octanol–water partition coefficient (Wildman–Crippen LogP) is 2.45. The third-order valence-corrected chi connectivity index (χ3v) is 2.28. The number of nitrogens with zero attached hydrogens (tertiary/aromatic N) is 2. The Morgan fingerprint density at radius 3 is 2.59 bits per heavy atom. The van der Waals surface area contributed by atoms with Gasteiger partial charge in [0.2, 0.25) is 0 Å². The molecular formula is C9H11ClF3N3O. The lowest BCUT2D eigenvalue weighted by atomic mass is 10.4. The molecule has 0 spiro atoms. The van der Waals surface area contributed by atoms with Crippen LogP contribution in [0.15, 0.2) is 11.0 Å². The van der Waals surface area contributed by atoms with E-state index in [1.807, 2.05) is 5.32 Å². The number of alkyl halides is 3. The Kier molecular flexibility index (Phi) is 4.03. The van der Waals surface area contributed by atoms with E-state index in [0.29, 0.717) is 0 Å². The fourth-order valence-electron chi connectivity index (χ4n) is 1.13. The molecule has 0 amide bonds. The van der Waals surface area contributed by atoms with Crippen LogP contribution in [0.3, 0.4) is 0 Å². The Balaban J connectivity index is 2.98. The summed E-state index contributed by atoms with van der Waals surface area (Å²) in [6.07, 6.45) is -3.27. The van der Waals surface area contributed by atoms with Gasteiger partial charge in [0, 0.05) is 0 Å². The molecule has 1 heterocycles. The van der Waals surface area contributed by atoms with Gasteiger partial charge in [0.25, 0.3) is 5.56 Å². The molecule has 0 aromatic carbocycles. The number of halogens is 4. The fourth-order valence-corrected chi connectivity index (χ4v) is 1.33. The molecule has 0 radical (unpaired) electrons. The maximum Gasteiger partial charge on any atom is 0.405 e. The highest BCUT2D eigenvalue weighted by Gasteiger charge is 2.27. The van der Waals surface area contributed by atoms with Crippen molar-refractivity contribution in [3.05, 3.63) is 21.6 Å². The Hall–Kier alpha value is -1.24. The molecule has 0 aliphatic carbocycles. The fraction of sp³-hybridized carbons (Fsp3) is 0.556. The van der Waals surface area contributed by atoms with Gasteiger partial charge in [-0.1, -0.05) is 11.6 Å². The van der Waals surface area contributed by atoms with Crippen molar-refractivity contribution in [3.8, 4) is 0 Å². The molecule has 0 fully saturated rings. The standard InChI is InChI=1S/C9H11ClF3N3O/c1-5(2)16-8(17)7(10)6(3-15-16)14-4-9(11,12)13/h3,5,14H,4H2,1-2H3. The maximum atomic E-state index is 12.0. The van der Waals surface area contributed by atoms with E-state index < -0.39 is 18.3 Å². The second kappa shape index (κ2) is 4.95. The summed E-state index contributed by atoms with van der Waals surface area (Å²) in [5.74, 6) is 0. The van der Waals surface area contributed by atoms with E-state index >= 15 is 0 Å². The Labute approximate surface area is 100 Å². The van der Waals surface area contributed by atoms with E-state index in [1.54, 1.807) is 13.8 Å². The van der Waals surface area contributed by atoms with Crippen molar-refractivity contribution in [1.29, 1.82) is 0 Å². The first-order valence-electron chi connectivity index (χ1n) is 4.80. The zero-order valence-electron chi connectivity index (χ0n) is 9.18. The second-order valence-corrected chi connectivity index (χ2v) is 4.06. The van der Waals surface area contributed by atoms with E-state index in [1.165, 1.54) is 0 Å². The summed E-state index contributed by atoms with van der Waals surface area (Å²) < 4.78 is 37.0. The minimum Gasteiger partial charge on any atom is -0.374 e. The van der Waals surface area contributed by atoms with E-state index in [2.05, 4.69) is 5.10 Å². The van der Waals surface area contributed by atoms with Gasteiger partial charge in [-0.25, -0.2) is 4.68 Å². The molecule has 1 aromatic rings. The topological polar surface area (TPSA) is 46.9 Å². The molecule has 0 atom stereocenters. The van der Waals surface area contributed by atoms with Gasteiger partial charge in [0.15, 0.2) is 0 Å².